The van der Waals surface area contributed by atoms with Crippen molar-refractivity contribution in [1.29, 1.82) is 0 Å². The van der Waals surface area contributed by atoms with E-state index in [2.05, 4.69) is 32.9 Å². The third kappa shape index (κ3) is 8.53. The predicted octanol–water partition coefficient (Wildman–Crippen LogP) is 1.86. The summed E-state index contributed by atoms with van der Waals surface area (Å²) in [6.45, 7) is 6.14. The van der Waals surface area contributed by atoms with E-state index < -0.39 is 53.6 Å². The van der Waals surface area contributed by atoms with Gasteiger partial charge in [-0.2, -0.15) is 16.8 Å². The molecule has 0 fully saturated rings. The van der Waals surface area contributed by atoms with Gasteiger partial charge in [0.2, 0.25) is 0 Å². The summed E-state index contributed by atoms with van der Waals surface area (Å²) >= 11 is 0. The number of fused-ring (bicyclic) bond motifs is 1. The first-order chi connectivity index (χ1) is 18.0. The second kappa shape index (κ2) is 12.3. The van der Waals surface area contributed by atoms with Crippen molar-refractivity contribution in [1.82, 2.24) is 5.32 Å². The second-order valence-corrected chi connectivity index (χ2v) is 11.9. The van der Waals surface area contributed by atoms with Gasteiger partial charge in [0.05, 0.1) is 28.6 Å². The van der Waals surface area contributed by atoms with Gasteiger partial charge >= 0.3 is 16.4 Å². The minimum absolute atomic E-state index is 0.0438. The molecule has 2 aromatic rings. The van der Waals surface area contributed by atoms with Gasteiger partial charge in [-0.1, -0.05) is 31.4 Å². The molecule has 0 spiro atoms. The number of carbonyl (C=O) groups excluding carboxylic acids is 1. The molecule has 15 nitrogen and oxygen atoms in total. The van der Waals surface area contributed by atoms with Gasteiger partial charge in [0.1, 0.15) is 16.3 Å². The number of rotatable bonds is 12. The van der Waals surface area contributed by atoms with Gasteiger partial charge in [-0.25, -0.2) is 17.4 Å². The molecule has 0 aliphatic heterocycles. The molecule has 0 saturated heterocycles. The van der Waals surface area contributed by atoms with Crippen LogP contribution in [0.3, 0.4) is 0 Å². The lowest BCUT2D eigenvalue weighted by Crippen LogP contribution is -2.29. The SMILES string of the molecule is C=C/C=C(/N)C(/N=N/c1ccc2cc(S(=O)(=O)CCOS(=O)(=O)O)ccc2c1S(=O)(=O)O)=C(C=C)NC(N)=O. The first kappa shape index (κ1) is 31.3. The lowest BCUT2D eigenvalue weighted by molar-refractivity contribution is 0.251. The Morgan fingerprint density at radius 1 is 1.05 bits per heavy atom. The molecule has 0 bridgehead atoms. The van der Waals surface area contributed by atoms with Crippen molar-refractivity contribution >= 4 is 52.8 Å². The first-order valence-corrected chi connectivity index (χ1v) is 14.8. The fraction of sp³-hybridized carbons (Fsp3) is 0.0952. The third-order valence-corrected chi connectivity index (χ3v) is 7.75. The van der Waals surface area contributed by atoms with Crippen LogP contribution < -0.4 is 16.8 Å². The molecule has 0 saturated carbocycles. The van der Waals surface area contributed by atoms with E-state index in [1.165, 1.54) is 18.2 Å². The molecule has 7 N–H and O–H groups in total. The normalized spacial score (nSPS) is 13.7. The summed E-state index contributed by atoms with van der Waals surface area (Å²) in [5, 5.41) is 9.89. The molecule has 0 atom stereocenters. The molecule has 2 aromatic carbocycles. The summed E-state index contributed by atoms with van der Waals surface area (Å²) in [6, 6.07) is 4.60. The number of allylic oxidation sites excluding steroid dienone is 3. The van der Waals surface area contributed by atoms with Crippen LogP contribution in [-0.2, 0) is 34.5 Å². The Morgan fingerprint density at radius 3 is 2.26 bits per heavy atom. The highest BCUT2D eigenvalue weighted by molar-refractivity contribution is 7.91. The minimum atomic E-state index is -4.97. The number of primary amides is 1. The highest BCUT2D eigenvalue weighted by Crippen LogP contribution is 2.34. The molecular formula is C21H23N5O10S3. The number of amides is 2. The van der Waals surface area contributed by atoms with E-state index in [0.717, 1.165) is 30.3 Å². The Balaban J connectivity index is 2.68. The van der Waals surface area contributed by atoms with Crippen molar-refractivity contribution < 1.29 is 43.3 Å². The van der Waals surface area contributed by atoms with Crippen molar-refractivity contribution in [2.24, 2.45) is 21.7 Å². The van der Waals surface area contributed by atoms with Crippen molar-refractivity contribution in [2.75, 3.05) is 12.4 Å². The van der Waals surface area contributed by atoms with Gasteiger partial charge in [0.25, 0.3) is 10.1 Å². The molecule has 39 heavy (non-hydrogen) atoms. The third-order valence-electron chi connectivity index (χ3n) is 4.67. The second-order valence-electron chi connectivity index (χ2n) is 7.35. The van der Waals surface area contributed by atoms with Gasteiger partial charge in [0, 0.05) is 5.39 Å². The number of nitrogens with two attached hydrogens (primary N) is 2. The van der Waals surface area contributed by atoms with Crippen LogP contribution in [0.5, 0.6) is 0 Å². The van der Waals surface area contributed by atoms with E-state index in [0.29, 0.717) is 0 Å². The Labute approximate surface area is 223 Å². The fourth-order valence-corrected chi connectivity index (χ4v) is 5.45. The Morgan fingerprint density at radius 2 is 1.72 bits per heavy atom. The fourth-order valence-electron chi connectivity index (χ4n) is 3.09. The molecule has 2 rings (SSSR count). The van der Waals surface area contributed by atoms with Gasteiger partial charge < -0.3 is 16.8 Å². The average molecular weight is 602 g/mol. The molecule has 0 aliphatic carbocycles. The summed E-state index contributed by atoms with van der Waals surface area (Å²) in [5.74, 6) is -0.824. The molecule has 0 radical (unpaired) electrons. The number of nitrogens with zero attached hydrogens (tertiary/aromatic N) is 2. The van der Waals surface area contributed by atoms with Crippen LogP contribution in [0.2, 0.25) is 0 Å². The molecule has 0 heterocycles. The Hall–Kier alpha value is -3.94. The maximum Gasteiger partial charge on any atom is 0.397 e. The lowest BCUT2D eigenvalue weighted by atomic mass is 10.1. The Kier molecular flexibility index (Phi) is 9.85. The number of nitrogens with one attached hydrogen (secondary N) is 1. The summed E-state index contributed by atoms with van der Waals surface area (Å²) in [4.78, 5) is 10.3. The number of carbonyl (C=O) groups is 1. The number of sulfone groups is 1. The van der Waals surface area contributed by atoms with Crippen LogP contribution in [0, 0.1) is 0 Å². The van der Waals surface area contributed by atoms with E-state index in [9.17, 15) is 34.6 Å². The van der Waals surface area contributed by atoms with Gasteiger partial charge in [-0.3, -0.25) is 9.11 Å². The molecule has 210 valence electrons. The number of benzene rings is 2. The molecule has 0 unspecified atom stereocenters. The first-order valence-electron chi connectivity index (χ1n) is 10.3. The standard InChI is InChI=1S/C21H23N5O10S3/c1-3-5-16(22)19(17(4-2)24-21(23)27)26-25-18-9-6-13-12-14(7-8-15(13)20(18)38(30,31)32)37(28,29)11-10-36-39(33,34)35/h3-9,12H,1-2,10-11,22H2,(H3,23,24,27)(H,30,31,32)(H,33,34,35)/b16-5+,19-17?,26-25+. The van der Waals surface area contributed by atoms with Crippen molar-refractivity contribution in [3.05, 3.63) is 78.8 Å². The van der Waals surface area contributed by atoms with Crippen LogP contribution in [-0.4, -0.2) is 52.7 Å². The van der Waals surface area contributed by atoms with Gasteiger partial charge in [0.15, 0.2) is 9.84 Å². The quantitative estimate of drug-likeness (QED) is 0.133. The van der Waals surface area contributed by atoms with E-state index in [4.69, 9.17) is 16.0 Å². The number of azo groups is 1. The Bertz CT molecular complexity index is 1740. The zero-order chi connectivity index (χ0) is 29.6. The van der Waals surface area contributed by atoms with Gasteiger partial charge in [-0.15, -0.1) is 10.2 Å². The minimum Gasteiger partial charge on any atom is -0.397 e. The molecule has 0 aliphatic rings. The largest absolute Gasteiger partial charge is 0.397 e. The van der Waals surface area contributed by atoms with Crippen LogP contribution in [0.4, 0.5) is 10.5 Å². The predicted molar refractivity (Wildman–Crippen MR) is 140 cm³/mol. The maximum absolute atomic E-state index is 12.5. The number of urea groups is 1. The highest BCUT2D eigenvalue weighted by Gasteiger charge is 2.23. The molecule has 0 aromatic heterocycles. The van der Waals surface area contributed by atoms with Crippen molar-refractivity contribution in [2.45, 2.75) is 9.79 Å². The summed E-state index contributed by atoms with van der Waals surface area (Å²) < 4.78 is 93.5. The average Bonchev–Trinajstić information content (AvgIpc) is 2.80. The van der Waals surface area contributed by atoms with Crippen LogP contribution in [0.15, 0.2) is 98.8 Å². The lowest BCUT2D eigenvalue weighted by Gasteiger charge is -2.11. The zero-order valence-electron chi connectivity index (χ0n) is 19.9. The zero-order valence-corrected chi connectivity index (χ0v) is 22.3. The summed E-state index contributed by atoms with van der Waals surface area (Å²) in [7, 11) is -14.0. The monoisotopic (exact) mass is 601 g/mol. The van der Waals surface area contributed by atoms with Crippen LogP contribution in [0.25, 0.3) is 10.8 Å². The van der Waals surface area contributed by atoms with Crippen molar-refractivity contribution in [3.8, 4) is 0 Å². The summed E-state index contributed by atoms with van der Waals surface area (Å²) in [5.41, 5.74) is 10.4. The van der Waals surface area contributed by atoms with E-state index in [1.807, 2.05) is 0 Å². The highest BCUT2D eigenvalue weighted by atomic mass is 32.3. The van der Waals surface area contributed by atoms with Crippen molar-refractivity contribution in [3.63, 3.8) is 0 Å². The van der Waals surface area contributed by atoms with E-state index in [1.54, 1.807) is 0 Å². The van der Waals surface area contributed by atoms with Gasteiger partial charge in [-0.05, 0) is 35.7 Å². The van der Waals surface area contributed by atoms with Crippen LogP contribution >= 0.6 is 0 Å². The summed E-state index contributed by atoms with van der Waals surface area (Å²) in [6.07, 6.45) is 3.75. The van der Waals surface area contributed by atoms with E-state index in [-0.39, 0.29) is 38.4 Å². The smallest absolute Gasteiger partial charge is 0.397 e. The maximum atomic E-state index is 12.5. The molecule has 2 amide bonds. The van der Waals surface area contributed by atoms with E-state index >= 15 is 0 Å². The number of hydrogen-bond donors (Lipinski definition) is 5. The molecular weight excluding hydrogens is 578 g/mol. The van der Waals surface area contributed by atoms with Crippen LogP contribution in [0.1, 0.15) is 0 Å². The topological polar surface area (TPSA) is 258 Å². The molecule has 18 heteroatoms. The number of hydrogen-bond acceptors (Lipinski definition) is 11.